The summed E-state index contributed by atoms with van der Waals surface area (Å²) >= 11 is 0. The number of ether oxygens (including phenoxy) is 3. The number of hydrogen-bond acceptors (Lipinski definition) is 6. The molecule has 0 amide bonds. The van der Waals surface area contributed by atoms with Crippen LogP contribution in [0.4, 0.5) is 0 Å². The molecule has 1 aromatic carbocycles. The van der Waals surface area contributed by atoms with Gasteiger partial charge in [0.05, 0.1) is 18.0 Å². The maximum atomic E-state index is 11.0. The molecule has 0 fully saturated rings. The zero-order valence-corrected chi connectivity index (χ0v) is 15.8. The number of benzene rings is 1. The van der Waals surface area contributed by atoms with E-state index in [-0.39, 0.29) is 25.2 Å². The Morgan fingerprint density at radius 1 is 0.852 bits per heavy atom. The van der Waals surface area contributed by atoms with Gasteiger partial charge in [-0.05, 0) is 36.1 Å². The summed E-state index contributed by atoms with van der Waals surface area (Å²) < 4.78 is 15.7. The standard InChI is InChI=1S/C21H25NO5/c1-16(23)26-14-20-11-19(12-21(22-20)15-27-17(2)24)9-6-10-25-13-18-7-4-3-5-8-18/h3-5,7-8,11-12H,6,9-10,13-15H2,1-2H3. The number of hydrogen-bond donors (Lipinski definition) is 0. The van der Waals surface area contributed by atoms with E-state index in [1.54, 1.807) is 0 Å². The number of esters is 2. The second-order valence-electron chi connectivity index (χ2n) is 6.16. The summed E-state index contributed by atoms with van der Waals surface area (Å²) in [6.45, 7) is 4.13. The van der Waals surface area contributed by atoms with Crippen LogP contribution in [0.15, 0.2) is 42.5 Å². The molecule has 0 radical (unpaired) electrons. The maximum Gasteiger partial charge on any atom is 0.303 e. The second kappa shape index (κ2) is 11.1. The van der Waals surface area contributed by atoms with Gasteiger partial charge in [-0.25, -0.2) is 0 Å². The number of aryl methyl sites for hydroxylation is 1. The van der Waals surface area contributed by atoms with E-state index in [4.69, 9.17) is 14.2 Å². The van der Waals surface area contributed by atoms with E-state index < -0.39 is 0 Å². The van der Waals surface area contributed by atoms with Crippen molar-refractivity contribution in [2.45, 2.75) is 46.5 Å². The fraction of sp³-hybridized carbons (Fsp3) is 0.381. The molecule has 0 saturated carbocycles. The van der Waals surface area contributed by atoms with E-state index in [1.807, 2.05) is 42.5 Å². The molecule has 6 heteroatoms. The third kappa shape index (κ3) is 8.46. The molecule has 144 valence electrons. The molecule has 6 nitrogen and oxygen atoms in total. The van der Waals surface area contributed by atoms with Gasteiger partial charge in [0.1, 0.15) is 13.2 Å². The van der Waals surface area contributed by atoms with Gasteiger partial charge in [-0.3, -0.25) is 14.6 Å². The lowest BCUT2D eigenvalue weighted by atomic mass is 10.1. The lowest BCUT2D eigenvalue weighted by Crippen LogP contribution is -2.07. The smallest absolute Gasteiger partial charge is 0.303 e. The molecule has 2 aromatic rings. The van der Waals surface area contributed by atoms with E-state index in [0.29, 0.717) is 24.6 Å². The van der Waals surface area contributed by atoms with Crippen molar-refractivity contribution in [1.29, 1.82) is 0 Å². The van der Waals surface area contributed by atoms with Crippen LogP contribution >= 0.6 is 0 Å². The van der Waals surface area contributed by atoms with Gasteiger partial charge >= 0.3 is 11.9 Å². The predicted octanol–water partition coefficient (Wildman–Crippen LogP) is 3.36. The first kappa shape index (κ1) is 20.6. The van der Waals surface area contributed by atoms with Crippen molar-refractivity contribution in [2.75, 3.05) is 6.61 Å². The number of carbonyl (C=O) groups excluding carboxylic acids is 2. The van der Waals surface area contributed by atoms with Crippen LogP contribution in [0.25, 0.3) is 0 Å². The van der Waals surface area contributed by atoms with Crippen molar-refractivity contribution in [3.63, 3.8) is 0 Å². The molecule has 1 aromatic heterocycles. The average Bonchev–Trinajstić information content (AvgIpc) is 2.65. The number of carbonyl (C=O) groups is 2. The Morgan fingerprint density at radius 2 is 1.44 bits per heavy atom. The van der Waals surface area contributed by atoms with Crippen LogP contribution < -0.4 is 0 Å². The highest BCUT2D eigenvalue weighted by molar-refractivity contribution is 5.66. The Morgan fingerprint density at radius 3 is 2.00 bits per heavy atom. The summed E-state index contributed by atoms with van der Waals surface area (Å²) in [6.07, 6.45) is 1.63. The van der Waals surface area contributed by atoms with Crippen molar-refractivity contribution >= 4 is 11.9 Å². The Kier molecular flexibility index (Phi) is 8.45. The lowest BCUT2D eigenvalue weighted by Gasteiger charge is -2.10. The first-order valence-corrected chi connectivity index (χ1v) is 8.90. The molecule has 0 bridgehead atoms. The van der Waals surface area contributed by atoms with Crippen LogP contribution in [-0.2, 0) is 50.0 Å². The zero-order chi connectivity index (χ0) is 19.5. The van der Waals surface area contributed by atoms with Gasteiger partial charge in [-0.1, -0.05) is 30.3 Å². The van der Waals surface area contributed by atoms with E-state index in [9.17, 15) is 9.59 Å². The Hall–Kier alpha value is -2.73. The summed E-state index contributed by atoms with van der Waals surface area (Å²) in [5, 5.41) is 0. The number of nitrogens with zero attached hydrogens (tertiary/aromatic N) is 1. The first-order chi connectivity index (χ1) is 13.0. The van der Waals surface area contributed by atoms with Crippen molar-refractivity contribution in [1.82, 2.24) is 4.98 Å². The zero-order valence-electron chi connectivity index (χ0n) is 15.8. The van der Waals surface area contributed by atoms with E-state index in [1.165, 1.54) is 13.8 Å². The van der Waals surface area contributed by atoms with Crippen molar-refractivity contribution < 1.29 is 23.8 Å². The van der Waals surface area contributed by atoms with Crippen LogP contribution in [0.3, 0.4) is 0 Å². The fourth-order valence-electron chi connectivity index (χ4n) is 2.50. The van der Waals surface area contributed by atoms with Gasteiger partial charge in [0.25, 0.3) is 0 Å². The molecule has 0 unspecified atom stereocenters. The first-order valence-electron chi connectivity index (χ1n) is 8.90. The summed E-state index contributed by atoms with van der Waals surface area (Å²) in [6, 6.07) is 13.8. The molecule has 0 spiro atoms. The lowest BCUT2D eigenvalue weighted by molar-refractivity contribution is -0.142. The minimum absolute atomic E-state index is 0.0980. The monoisotopic (exact) mass is 371 g/mol. The fourth-order valence-corrected chi connectivity index (χ4v) is 2.50. The van der Waals surface area contributed by atoms with E-state index >= 15 is 0 Å². The Balaban J connectivity index is 1.88. The van der Waals surface area contributed by atoms with Gasteiger partial charge in [0.15, 0.2) is 0 Å². The molecule has 0 aliphatic carbocycles. The number of aromatic nitrogens is 1. The summed E-state index contributed by atoms with van der Waals surface area (Å²) in [5.41, 5.74) is 3.46. The van der Waals surface area contributed by atoms with Crippen LogP contribution in [0.1, 0.15) is 42.8 Å². The molecule has 0 aliphatic rings. The number of rotatable bonds is 10. The molecule has 0 atom stereocenters. The SMILES string of the molecule is CC(=O)OCc1cc(CCCOCc2ccccc2)cc(COC(C)=O)n1. The van der Waals surface area contributed by atoms with Crippen molar-refractivity contribution in [3.05, 3.63) is 65.0 Å². The van der Waals surface area contributed by atoms with Crippen LogP contribution in [0, 0.1) is 0 Å². The highest BCUT2D eigenvalue weighted by Gasteiger charge is 2.07. The van der Waals surface area contributed by atoms with Gasteiger partial charge in [0.2, 0.25) is 0 Å². The van der Waals surface area contributed by atoms with Gasteiger partial charge < -0.3 is 14.2 Å². The summed E-state index contributed by atoms with van der Waals surface area (Å²) in [4.78, 5) is 26.4. The molecule has 1 heterocycles. The molecular formula is C21H25NO5. The second-order valence-corrected chi connectivity index (χ2v) is 6.16. The normalized spacial score (nSPS) is 10.4. The summed E-state index contributed by atoms with van der Waals surface area (Å²) in [7, 11) is 0. The minimum atomic E-state index is -0.363. The Labute approximate surface area is 159 Å². The van der Waals surface area contributed by atoms with Crippen molar-refractivity contribution in [2.24, 2.45) is 0 Å². The molecule has 0 N–H and O–H groups in total. The molecular weight excluding hydrogens is 346 g/mol. The van der Waals surface area contributed by atoms with Gasteiger partial charge in [0, 0.05) is 20.5 Å². The highest BCUT2D eigenvalue weighted by atomic mass is 16.5. The van der Waals surface area contributed by atoms with E-state index in [0.717, 1.165) is 24.0 Å². The van der Waals surface area contributed by atoms with Crippen LogP contribution in [-0.4, -0.2) is 23.5 Å². The van der Waals surface area contributed by atoms with Gasteiger partial charge in [-0.2, -0.15) is 0 Å². The quantitative estimate of drug-likeness (QED) is 0.471. The molecule has 27 heavy (non-hydrogen) atoms. The average molecular weight is 371 g/mol. The third-order valence-corrected chi connectivity index (χ3v) is 3.70. The number of pyridine rings is 1. The predicted molar refractivity (Wildman–Crippen MR) is 99.6 cm³/mol. The topological polar surface area (TPSA) is 74.7 Å². The minimum Gasteiger partial charge on any atom is -0.459 e. The van der Waals surface area contributed by atoms with Crippen LogP contribution in [0.2, 0.25) is 0 Å². The molecule has 0 aliphatic heterocycles. The maximum absolute atomic E-state index is 11.0. The van der Waals surface area contributed by atoms with Crippen molar-refractivity contribution in [3.8, 4) is 0 Å². The van der Waals surface area contributed by atoms with Gasteiger partial charge in [-0.15, -0.1) is 0 Å². The highest BCUT2D eigenvalue weighted by Crippen LogP contribution is 2.12. The molecule has 0 saturated heterocycles. The molecule has 2 rings (SSSR count). The van der Waals surface area contributed by atoms with Crippen LogP contribution in [0.5, 0.6) is 0 Å². The third-order valence-electron chi connectivity index (χ3n) is 3.70. The summed E-state index contributed by atoms with van der Waals surface area (Å²) in [5.74, 6) is -0.726. The Bertz CT molecular complexity index is 709. The largest absolute Gasteiger partial charge is 0.459 e. The van der Waals surface area contributed by atoms with E-state index in [2.05, 4.69) is 4.98 Å².